The maximum atomic E-state index is 10.7. The van der Waals surface area contributed by atoms with Crippen LogP contribution in [0.5, 0.6) is 0 Å². The van der Waals surface area contributed by atoms with Crippen LogP contribution in [0.25, 0.3) is 0 Å². The van der Waals surface area contributed by atoms with Crippen molar-refractivity contribution in [1.82, 2.24) is 5.32 Å². The molecular weight excluding hydrogens is 194 g/mol. The molecule has 1 fully saturated rings. The normalized spacial score (nSPS) is 26.9. The topological polar surface area (TPSA) is 58.6 Å². The zero-order valence-electron chi connectivity index (χ0n) is 9.75. The molecule has 0 radical (unpaired) electrons. The number of nitrogens with one attached hydrogen (secondary N) is 1. The highest BCUT2D eigenvalue weighted by Gasteiger charge is 2.31. The van der Waals surface area contributed by atoms with E-state index in [-0.39, 0.29) is 11.6 Å². The van der Waals surface area contributed by atoms with Crippen LogP contribution in [0.3, 0.4) is 0 Å². The van der Waals surface area contributed by atoms with Gasteiger partial charge in [0.1, 0.15) is 0 Å². The smallest absolute Gasteiger partial charge is 0.332 e. The van der Waals surface area contributed by atoms with Crippen molar-refractivity contribution in [3.63, 3.8) is 0 Å². The molecule has 1 heterocycles. The summed E-state index contributed by atoms with van der Waals surface area (Å²) in [6.07, 6.45) is 1.97. The first-order chi connectivity index (χ1) is 6.94. The number of carboxylic acids is 1. The molecule has 15 heavy (non-hydrogen) atoms. The minimum absolute atomic E-state index is 0.0527. The summed E-state index contributed by atoms with van der Waals surface area (Å²) in [7, 11) is 0. The average Bonchev–Trinajstić information content (AvgIpc) is 2.63. The van der Waals surface area contributed by atoms with Gasteiger partial charge in [0, 0.05) is 12.1 Å². The Bertz CT molecular complexity index is 228. The summed E-state index contributed by atoms with van der Waals surface area (Å²) in [6.45, 7) is 7.14. The van der Waals surface area contributed by atoms with E-state index in [1.54, 1.807) is 0 Å². The Labute approximate surface area is 91.0 Å². The molecule has 0 aromatic carbocycles. The predicted octanol–water partition coefficient (Wildman–Crippen LogP) is 1.40. The number of hydrogen-bond donors (Lipinski definition) is 2. The molecule has 0 bridgehead atoms. The second-order valence-corrected chi connectivity index (χ2v) is 4.78. The second-order valence-electron chi connectivity index (χ2n) is 4.78. The molecule has 0 saturated carbocycles. The lowest BCUT2D eigenvalue weighted by molar-refractivity contribution is -0.149. The number of hydrogen-bond acceptors (Lipinski definition) is 3. The third-order valence-electron chi connectivity index (χ3n) is 3.08. The van der Waals surface area contributed by atoms with Crippen LogP contribution in [0, 0.1) is 0 Å². The molecule has 1 rings (SSSR count). The first kappa shape index (κ1) is 12.5. The molecule has 0 aromatic heterocycles. The van der Waals surface area contributed by atoms with Gasteiger partial charge in [-0.1, -0.05) is 6.92 Å². The molecule has 2 unspecified atom stereocenters. The van der Waals surface area contributed by atoms with E-state index in [2.05, 4.69) is 26.1 Å². The van der Waals surface area contributed by atoms with Gasteiger partial charge in [0.15, 0.2) is 6.10 Å². The van der Waals surface area contributed by atoms with E-state index in [4.69, 9.17) is 9.84 Å². The minimum Gasteiger partial charge on any atom is -0.479 e. The standard InChI is InChI=1S/C11H21NO3/c1-4-11(2,3)12-7-8-5-6-9(15-8)10(13)14/h8-9,12H,4-7H2,1-3H3,(H,13,14). The Hall–Kier alpha value is -0.610. The molecule has 4 nitrogen and oxygen atoms in total. The van der Waals surface area contributed by atoms with Crippen molar-refractivity contribution in [3.8, 4) is 0 Å². The minimum atomic E-state index is -0.841. The van der Waals surface area contributed by atoms with Gasteiger partial charge in [-0.05, 0) is 33.1 Å². The van der Waals surface area contributed by atoms with Crippen LogP contribution in [-0.4, -0.2) is 35.4 Å². The van der Waals surface area contributed by atoms with Crippen molar-refractivity contribution in [2.75, 3.05) is 6.54 Å². The zero-order chi connectivity index (χ0) is 11.5. The van der Waals surface area contributed by atoms with E-state index in [0.29, 0.717) is 6.42 Å². The van der Waals surface area contributed by atoms with Gasteiger partial charge in [-0.3, -0.25) is 0 Å². The summed E-state index contributed by atoms with van der Waals surface area (Å²) < 4.78 is 5.40. The average molecular weight is 215 g/mol. The van der Waals surface area contributed by atoms with E-state index in [1.807, 2.05) is 0 Å². The fraction of sp³-hybridized carbons (Fsp3) is 0.909. The fourth-order valence-electron chi connectivity index (χ4n) is 1.55. The van der Waals surface area contributed by atoms with Gasteiger partial charge in [0.05, 0.1) is 6.10 Å². The van der Waals surface area contributed by atoms with Gasteiger partial charge in [-0.15, -0.1) is 0 Å². The highest BCUT2D eigenvalue weighted by Crippen LogP contribution is 2.20. The monoisotopic (exact) mass is 215 g/mol. The largest absolute Gasteiger partial charge is 0.479 e. The molecule has 1 aliphatic rings. The van der Waals surface area contributed by atoms with E-state index in [9.17, 15) is 4.79 Å². The summed E-state index contributed by atoms with van der Waals surface area (Å²) in [4.78, 5) is 10.7. The lowest BCUT2D eigenvalue weighted by atomic mass is 10.0. The van der Waals surface area contributed by atoms with Crippen LogP contribution >= 0.6 is 0 Å². The zero-order valence-corrected chi connectivity index (χ0v) is 9.75. The molecule has 1 aliphatic heterocycles. The molecule has 0 aliphatic carbocycles. The van der Waals surface area contributed by atoms with Crippen molar-refractivity contribution >= 4 is 5.97 Å². The molecule has 2 N–H and O–H groups in total. The summed E-state index contributed by atoms with van der Waals surface area (Å²) in [5, 5.41) is 12.2. The number of rotatable bonds is 5. The number of aliphatic carboxylic acids is 1. The molecule has 0 aromatic rings. The summed E-state index contributed by atoms with van der Waals surface area (Å²) in [6, 6.07) is 0. The Morgan fingerprint density at radius 3 is 2.67 bits per heavy atom. The molecule has 0 amide bonds. The van der Waals surface area contributed by atoms with E-state index in [1.165, 1.54) is 0 Å². The van der Waals surface area contributed by atoms with Gasteiger partial charge >= 0.3 is 5.97 Å². The van der Waals surface area contributed by atoms with E-state index >= 15 is 0 Å². The van der Waals surface area contributed by atoms with Crippen LogP contribution in [0.1, 0.15) is 40.0 Å². The lowest BCUT2D eigenvalue weighted by Gasteiger charge is -2.26. The fourth-order valence-corrected chi connectivity index (χ4v) is 1.55. The van der Waals surface area contributed by atoms with Gasteiger partial charge in [0.2, 0.25) is 0 Å². The molecule has 88 valence electrons. The van der Waals surface area contributed by atoms with Crippen molar-refractivity contribution in [3.05, 3.63) is 0 Å². The molecule has 1 saturated heterocycles. The quantitative estimate of drug-likeness (QED) is 0.727. The van der Waals surface area contributed by atoms with Crippen LogP contribution < -0.4 is 5.32 Å². The van der Waals surface area contributed by atoms with Crippen molar-refractivity contribution < 1.29 is 14.6 Å². The molecule has 2 atom stereocenters. The SMILES string of the molecule is CCC(C)(C)NCC1CCC(C(=O)O)O1. The first-order valence-electron chi connectivity index (χ1n) is 5.58. The van der Waals surface area contributed by atoms with Crippen molar-refractivity contribution in [2.45, 2.75) is 57.8 Å². The molecule has 4 heteroatoms. The maximum absolute atomic E-state index is 10.7. The molecule has 0 spiro atoms. The van der Waals surface area contributed by atoms with Gasteiger partial charge < -0.3 is 15.2 Å². The number of carbonyl (C=O) groups is 1. The first-order valence-corrected chi connectivity index (χ1v) is 5.58. The summed E-state index contributed by atoms with van der Waals surface area (Å²) in [5.74, 6) is -0.841. The van der Waals surface area contributed by atoms with Crippen LogP contribution in [-0.2, 0) is 9.53 Å². The molecular formula is C11H21NO3. The van der Waals surface area contributed by atoms with Crippen molar-refractivity contribution in [1.29, 1.82) is 0 Å². The second kappa shape index (κ2) is 4.94. The Balaban J connectivity index is 2.28. The highest BCUT2D eigenvalue weighted by atomic mass is 16.5. The van der Waals surface area contributed by atoms with Gasteiger partial charge in [0.25, 0.3) is 0 Å². The summed E-state index contributed by atoms with van der Waals surface area (Å²) in [5.41, 5.74) is 0.102. The van der Waals surface area contributed by atoms with Crippen molar-refractivity contribution in [2.24, 2.45) is 0 Å². The Kier molecular flexibility index (Phi) is 4.11. The Morgan fingerprint density at radius 2 is 2.20 bits per heavy atom. The third-order valence-corrected chi connectivity index (χ3v) is 3.08. The van der Waals surface area contributed by atoms with E-state index < -0.39 is 12.1 Å². The number of ether oxygens (including phenoxy) is 1. The van der Waals surface area contributed by atoms with Gasteiger partial charge in [-0.25, -0.2) is 4.79 Å². The summed E-state index contributed by atoms with van der Waals surface area (Å²) >= 11 is 0. The van der Waals surface area contributed by atoms with Crippen LogP contribution in [0.2, 0.25) is 0 Å². The predicted molar refractivity (Wildman–Crippen MR) is 57.9 cm³/mol. The number of carboxylic acid groups (broad SMARTS) is 1. The Morgan fingerprint density at radius 1 is 1.53 bits per heavy atom. The van der Waals surface area contributed by atoms with Crippen LogP contribution in [0.4, 0.5) is 0 Å². The third kappa shape index (κ3) is 3.80. The highest BCUT2D eigenvalue weighted by molar-refractivity contribution is 5.72. The maximum Gasteiger partial charge on any atom is 0.332 e. The van der Waals surface area contributed by atoms with Gasteiger partial charge in [-0.2, -0.15) is 0 Å². The van der Waals surface area contributed by atoms with E-state index in [0.717, 1.165) is 19.4 Å². The van der Waals surface area contributed by atoms with Crippen LogP contribution in [0.15, 0.2) is 0 Å². The lowest BCUT2D eigenvalue weighted by Crippen LogP contribution is -2.43.